The smallest absolute Gasteiger partial charge is 0.189 e. The minimum atomic E-state index is 0.344. The molecule has 1 aromatic rings. The van der Waals surface area contributed by atoms with Gasteiger partial charge in [0.15, 0.2) is 6.79 Å². The Morgan fingerprint density at radius 2 is 1.93 bits per heavy atom. The molecule has 3 heteroatoms. The zero-order chi connectivity index (χ0) is 10.5. The Kier molecular flexibility index (Phi) is 3.87. The number of ether oxygens (including phenoxy) is 2. The van der Waals surface area contributed by atoms with Crippen LogP contribution in [-0.2, 0) is 10.6 Å². The lowest BCUT2D eigenvalue weighted by Crippen LogP contribution is -2.04. The topological polar surface area (TPSA) is 18.5 Å². The van der Waals surface area contributed by atoms with Crippen molar-refractivity contribution in [2.45, 2.75) is 18.7 Å². The van der Waals surface area contributed by atoms with E-state index in [0.29, 0.717) is 12.7 Å². The minimum absolute atomic E-state index is 0.344. The molecule has 0 saturated heterocycles. The summed E-state index contributed by atoms with van der Waals surface area (Å²) in [5.41, 5.74) is 1.10. The van der Waals surface area contributed by atoms with E-state index in [1.165, 1.54) is 12.8 Å². The van der Waals surface area contributed by atoms with Gasteiger partial charge in [-0.05, 0) is 36.5 Å². The molecule has 15 heavy (non-hydrogen) atoms. The van der Waals surface area contributed by atoms with Crippen molar-refractivity contribution in [3.05, 3.63) is 29.8 Å². The molecule has 0 N–H and O–H groups in total. The lowest BCUT2D eigenvalue weighted by atomic mass is 10.2. The lowest BCUT2D eigenvalue weighted by Gasteiger charge is -2.06. The largest absolute Gasteiger partial charge is 0.468 e. The fraction of sp³-hybridized carbons (Fsp3) is 0.500. The van der Waals surface area contributed by atoms with Crippen LogP contribution in [0.25, 0.3) is 0 Å². The van der Waals surface area contributed by atoms with Gasteiger partial charge < -0.3 is 9.47 Å². The van der Waals surface area contributed by atoms with Crippen LogP contribution in [0.1, 0.15) is 18.4 Å². The maximum Gasteiger partial charge on any atom is 0.189 e. The van der Waals surface area contributed by atoms with Crippen LogP contribution in [0.4, 0.5) is 0 Å². The van der Waals surface area contributed by atoms with Crippen LogP contribution in [0, 0.1) is 5.92 Å². The van der Waals surface area contributed by atoms with E-state index in [4.69, 9.17) is 21.1 Å². The van der Waals surface area contributed by atoms with Crippen molar-refractivity contribution in [3.8, 4) is 5.75 Å². The highest BCUT2D eigenvalue weighted by molar-refractivity contribution is 6.17. The van der Waals surface area contributed by atoms with E-state index in [1.54, 1.807) is 0 Å². The van der Waals surface area contributed by atoms with Crippen molar-refractivity contribution in [1.82, 2.24) is 0 Å². The van der Waals surface area contributed by atoms with Crippen molar-refractivity contribution < 1.29 is 9.47 Å². The summed E-state index contributed by atoms with van der Waals surface area (Å²) in [6.45, 7) is 1.18. The van der Waals surface area contributed by atoms with Gasteiger partial charge in [-0.1, -0.05) is 12.1 Å². The predicted molar refractivity (Wildman–Crippen MR) is 60.2 cm³/mol. The summed E-state index contributed by atoms with van der Waals surface area (Å²) in [7, 11) is 0. The van der Waals surface area contributed by atoms with Gasteiger partial charge in [0.2, 0.25) is 0 Å². The van der Waals surface area contributed by atoms with Crippen LogP contribution >= 0.6 is 11.6 Å². The van der Waals surface area contributed by atoms with Gasteiger partial charge in [0.1, 0.15) is 5.75 Å². The standard InChI is InChI=1S/C12H15ClO2/c13-7-10-3-5-12(6-4-10)15-9-14-8-11-1-2-11/h3-6,11H,1-2,7-9H2. The molecule has 0 aromatic heterocycles. The first-order valence-electron chi connectivity index (χ1n) is 5.24. The number of hydrogen-bond acceptors (Lipinski definition) is 2. The molecule has 1 aromatic carbocycles. The third-order valence-electron chi connectivity index (χ3n) is 2.44. The Morgan fingerprint density at radius 1 is 1.20 bits per heavy atom. The van der Waals surface area contributed by atoms with Gasteiger partial charge >= 0.3 is 0 Å². The SMILES string of the molecule is ClCc1ccc(OCOCC2CC2)cc1. The average molecular weight is 227 g/mol. The summed E-state index contributed by atoms with van der Waals surface area (Å²) < 4.78 is 10.8. The first-order valence-corrected chi connectivity index (χ1v) is 5.77. The molecule has 0 radical (unpaired) electrons. The molecule has 1 fully saturated rings. The lowest BCUT2D eigenvalue weighted by molar-refractivity contribution is 0.00998. The third kappa shape index (κ3) is 3.73. The van der Waals surface area contributed by atoms with Crippen LogP contribution in [0.5, 0.6) is 5.75 Å². The van der Waals surface area contributed by atoms with E-state index in [1.807, 2.05) is 24.3 Å². The molecule has 82 valence electrons. The Hall–Kier alpha value is -0.730. The van der Waals surface area contributed by atoms with E-state index in [9.17, 15) is 0 Å². The number of halogens is 1. The molecule has 0 spiro atoms. The van der Waals surface area contributed by atoms with E-state index >= 15 is 0 Å². The molecule has 2 nitrogen and oxygen atoms in total. The van der Waals surface area contributed by atoms with E-state index in [0.717, 1.165) is 23.8 Å². The summed E-state index contributed by atoms with van der Waals surface area (Å²) >= 11 is 5.68. The summed E-state index contributed by atoms with van der Waals surface area (Å²) in [5, 5.41) is 0. The van der Waals surface area contributed by atoms with Gasteiger partial charge in [-0.15, -0.1) is 11.6 Å². The normalized spacial score (nSPS) is 15.3. The molecule has 1 saturated carbocycles. The molecule has 2 rings (SSSR count). The Labute approximate surface area is 95.1 Å². The van der Waals surface area contributed by atoms with Gasteiger partial charge in [-0.25, -0.2) is 0 Å². The zero-order valence-corrected chi connectivity index (χ0v) is 9.37. The van der Waals surface area contributed by atoms with Crippen molar-refractivity contribution in [2.75, 3.05) is 13.4 Å². The second kappa shape index (κ2) is 5.38. The van der Waals surface area contributed by atoms with Crippen LogP contribution < -0.4 is 4.74 Å². The number of rotatable bonds is 6. The highest BCUT2D eigenvalue weighted by Gasteiger charge is 2.20. The van der Waals surface area contributed by atoms with Gasteiger partial charge in [-0.3, -0.25) is 0 Å². The van der Waals surface area contributed by atoms with Crippen molar-refractivity contribution in [3.63, 3.8) is 0 Å². The summed E-state index contributed by atoms with van der Waals surface area (Å²) in [5.74, 6) is 2.16. The molecule has 1 aliphatic carbocycles. The van der Waals surface area contributed by atoms with Gasteiger partial charge in [0.25, 0.3) is 0 Å². The highest BCUT2D eigenvalue weighted by atomic mass is 35.5. The third-order valence-corrected chi connectivity index (χ3v) is 2.75. The van der Waals surface area contributed by atoms with Gasteiger partial charge in [0, 0.05) is 5.88 Å². The monoisotopic (exact) mass is 226 g/mol. The summed E-state index contributed by atoms with van der Waals surface area (Å²) in [6, 6.07) is 7.75. The van der Waals surface area contributed by atoms with Crippen LogP contribution in [0.15, 0.2) is 24.3 Å². The maximum atomic E-state index is 5.68. The van der Waals surface area contributed by atoms with Gasteiger partial charge in [-0.2, -0.15) is 0 Å². The number of benzene rings is 1. The Morgan fingerprint density at radius 3 is 2.53 bits per heavy atom. The molecular weight excluding hydrogens is 212 g/mol. The molecule has 0 unspecified atom stereocenters. The molecule has 0 bridgehead atoms. The summed E-state index contributed by atoms with van der Waals surface area (Å²) in [4.78, 5) is 0. The van der Waals surface area contributed by atoms with E-state index in [2.05, 4.69) is 0 Å². The summed E-state index contributed by atoms with van der Waals surface area (Å²) in [6.07, 6.45) is 2.62. The Balaban J connectivity index is 1.67. The number of alkyl halides is 1. The second-order valence-electron chi connectivity index (χ2n) is 3.85. The molecule has 0 heterocycles. The molecule has 0 amide bonds. The fourth-order valence-corrected chi connectivity index (χ4v) is 1.46. The van der Waals surface area contributed by atoms with Crippen LogP contribution in [-0.4, -0.2) is 13.4 Å². The number of hydrogen-bond donors (Lipinski definition) is 0. The quantitative estimate of drug-likeness (QED) is 0.421. The van der Waals surface area contributed by atoms with E-state index in [-0.39, 0.29) is 0 Å². The second-order valence-corrected chi connectivity index (χ2v) is 4.12. The van der Waals surface area contributed by atoms with Gasteiger partial charge in [0.05, 0.1) is 6.61 Å². The first kappa shape index (κ1) is 10.8. The average Bonchev–Trinajstić information content (AvgIpc) is 3.09. The molecular formula is C12H15ClO2. The van der Waals surface area contributed by atoms with Crippen molar-refractivity contribution in [1.29, 1.82) is 0 Å². The predicted octanol–water partition coefficient (Wildman–Crippen LogP) is 3.19. The molecule has 1 aliphatic rings. The fourth-order valence-electron chi connectivity index (χ4n) is 1.28. The Bertz CT molecular complexity index is 293. The zero-order valence-electron chi connectivity index (χ0n) is 8.62. The minimum Gasteiger partial charge on any atom is -0.468 e. The van der Waals surface area contributed by atoms with Crippen molar-refractivity contribution >= 4 is 11.6 Å². The van der Waals surface area contributed by atoms with E-state index < -0.39 is 0 Å². The molecule has 0 aliphatic heterocycles. The van der Waals surface area contributed by atoms with Crippen LogP contribution in [0.2, 0.25) is 0 Å². The van der Waals surface area contributed by atoms with Crippen LogP contribution in [0.3, 0.4) is 0 Å². The molecule has 0 atom stereocenters. The highest BCUT2D eigenvalue weighted by Crippen LogP contribution is 2.28. The maximum absolute atomic E-state index is 5.68. The first-order chi connectivity index (χ1) is 7.38. The van der Waals surface area contributed by atoms with Crippen molar-refractivity contribution in [2.24, 2.45) is 5.92 Å².